The van der Waals surface area contributed by atoms with Gasteiger partial charge in [0.15, 0.2) is 0 Å². The molecule has 1 unspecified atom stereocenters. The van der Waals surface area contributed by atoms with Gasteiger partial charge >= 0.3 is 0 Å². The molecule has 0 spiro atoms. The lowest BCUT2D eigenvalue weighted by Crippen LogP contribution is -2.34. The van der Waals surface area contributed by atoms with Crippen LogP contribution in [0.15, 0.2) is 90.2 Å². The quantitative estimate of drug-likeness (QED) is 0.411. The maximum Gasteiger partial charge on any atom is 0.115 e. The lowest BCUT2D eigenvalue weighted by molar-refractivity contribution is -0.0230. The SMILES string of the molecule is CC([C@H](OCc1ccccc1)c1cccc(O)c1)N(Cc1ccccc1)N=O. The molecule has 0 aliphatic carbocycles. The smallest absolute Gasteiger partial charge is 0.115 e. The van der Waals surface area contributed by atoms with E-state index in [4.69, 9.17) is 4.74 Å². The Kier molecular flexibility index (Phi) is 6.76. The summed E-state index contributed by atoms with van der Waals surface area (Å²) in [6.45, 7) is 2.68. The molecule has 5 nitrogen and oxygen atoms in total. The monoisotopic (exact) mass is 376 g/mol. The van der Waals surface area contributed by atoms with E-state index in [9.17, 15) is 10.0 Å². The van der Waals surface area contributed by atoms with E-state index in [1.165, 1.54) is 5.01 Å². The molecule has 0 radical (unpaired) electrons. The first kappa shape index (κ1) is 19.6. The highest BCUT2D eigenvalue weighted by molar-refractivity contribution is 5.29. The molecule has 144 valence electrons. The Balaban J connectivity index is 1.82. The Hall–Kier alpha value is -3.18. The van der Waals surface area contributed by atoms with E-state index in [1.807, 2.05) is 73.7 Å². The predicted molar refractivity (Wildman–Crippen MR) is 109 cm³/mol. The Labute approximate surface area is 165 Å². The molecule has 3 aromatic rings. The van der Waals surface area contributed by atoms with Crippen molar-refractivity contribution in [2.45, 2.75) is 32.2 Å². The molecule has 28 heavy (non-hydrogen) atoms. The zero-order chi connectivity index (χ0) is 19.8. The van der Waals surface area contributed by atoms with E-state index >= 15 is 0 Å². The Morgan fingerprint density at radius 2 is 1.57 bits per heavy atom. The molecule has 0 aromatic heterocycles. The number of aromatic hydroxyl groups is 1. The number of ether oxygens (including phenoxy) is 1. The lowest BCUT2D eigenvalue weighted by Gasteiger charge is -2.31. The van der Waals surface area contributed by atoms with Gasteiger partial charge in [-0.25, -0.2) is 0 Å². The molecule has 0 aliphatic heterocycles. The van der Waals surface area contributed by atoms with Crippen LogP contribution in [-0.2, 0) is 17.9 Å². The van der Waals surface area contributed by atoms with Crippen molar-refractivity contribution in [3.05, 3.63) is 107 Å². The molecule has 3 aromatic carbocycles. The first-order chi connectivity index (χ1) is 13.7. The van der Waals surface area contributed by atoms with Gasteiger partial charge in [-0.2, -0.15) is 0 Å². The van der Waals surface area contributed by atoms with E-state index in [1.54, 1.807) is 18.2 Å². The number of hydrogen-bond acceptors (Lipinski definition) is 4. The molecule has 2 atom stereocenters. The highest BCUT2D eigenvalue weighted by Gasteiger charge is 2.27. The zero-order valence-corrected chi connectivity index (χ0v) is 15.8. The minimum atomic E-state index is -0.436. The van der Waals surface area contributed by atoms with E-state index in [2.05, 4.69) is 5.29 Å². The zero-order valence-electron chi connectivity index (χ0n) is 15.8. The standard InChI is InChI=1S/C23H24N2O3/c1-18(25(24-27)16-19-9-4-2-5-10-19)23(21-13-8-14-22(26)15-21)28-17-20-11-6-3-7-12-20/h2-15,18,23,26H,16-17H2,1H3/t18?,23-/m0/s1. The van der Waals surface area contributed by atoms with E-state index in [-0.39, 0.29) is 11.8 Å². The average Bonchev–Trinajstić information content (AvgIpc) is 2.73. The second kappa shape index (κ2) is 9.67. The van der Waals surface area contributed by atoms with E-state index < -0.39 is 6.10 Å². The largest absolute Gasteiger partial charge is 0.508 e. The van der Waals surface area contributed by atoms with Crippen LogP contribution in [-0.4, -0.2) is 16.2 Å². The molecular weight excluding hydrogens is 352 g/mol. The highest BCUT2D eigenvalue weighted by Crippen LogP contribution is 2.29. The Morgan fingerprint density at radius 3 is 2.18 bits per heavy atom. The maximum atomic E-state index is 11.6. The lowest BCUT2D eigenvalue weighted by atomic mass is 10.0. The molecule has 0 bridgehead atoms. The van der Waals surface area contributed by atoms with Gasteiger partial charge in [0.05, 0.1) is 24.5 Å². The third kappa shape index (κ3) is 5.18. The number of nitrogens with zero attached hydrogens (tertiary/aromatic N) is 2. The van der Waals surface area contributed by atoms with E-state index in [0.29, 0.717) is 13.2 Å². The molecule has 0 saturated heterocycles. The van der Waals surface area contributed by atoms with Crippen LogP contribution in [0.25, 0.3) is 0 Å². The minimum Gasteiger partial charge on any atom is -0.508 e. The summed E-state index contributed by atoms with van der Waals surface area (Å²) >= 11 is 0. The van der Waals surface area contributed by atoms with Crippen LogP contribution in [0.4, 0.5) is 0 Å². The number of rotatable bonds is 9. The van der Waals surface area contributed by atoms with Gasteiger partial charge < -0.3 is 9.84 Å². The third-order valence-corrected chi connectivity index (χ3v) is 4.67. The van der Waals surface area contributed by atoms with Crippen molar-refractivity contribution in [2.75, 3.05) is 0 Å². The molecule has 1 N–H and O–H groups in total. The number of phenolic OH excluding ortho intramolecular Hbond substituents is 1. The van der Waals surface area contributed by atoms with Crippen LogP contribution in [0.1, 0.15) is 29.7 Å². The third-order valence-electron chi connectivity index (χ3n) is 4.67. The molecule has 0 aliphatic rings. The predicted octanol–water partition coefficient (Wildman–Crippen LogP) is 5.22. The maximum absolute atomic E-state index is 11.6. The van der Waals surface area contributed by atoms with Crippen molar-refractivity contribution in [1.82, 2.24) is 5.01 Å². The van der Waals surface area contributed by atoms with Gasteiger partial charge in [-0.1, -0.05) is 72.8 Å². The van der Waals surface area contributed by atoms with Crippen LogP contribution in [0.2, 0.25) is 0 Å². The molecule has 5 heteroatoms. The van der Waals surface area contributed by atoms with Crippen molar-refractivity contribution in [3.63, 3.8) is 0 Å². The summed E-state index contributed by atoms with van der Waals surface area (Å²) < 4.78 is 6.20. The average molecular weight is 376 g/mol. The Morgan fingerprint density at radius 1 is 0.929 bits per heavy atom. The van der Waals surface area contributed by atoms with Gasteiger partial charge in [-0.05, 0) is 35.7 Å². The van der Waals surface area contributed by atoms with E-state index in [0.717, 1.165) is 16.7 Å². The number of nitroso groups, excluding NO2 is 1. The second-order valence-electron chi connectivity index (χ2n) is 6.72. The molecule has 0 heterocycles. The highest BCUT2D eigenvalue weighted by atomic mass is 16.5. The van der Waals surface area contributed by atoms with Gasteiger partial charge in [0.25, 0.3) is 0 Å². The van der Waals surface area contributed by atoms with Gasteiger partial charge in [0.2, 0.25) is 0 Å². The molecule has 3 rings (SSSR count). The van der Waals surface area contributed by atoms with Crippen molar-refractivity contribution in [2.24, 2.45) is 5.29 Å². The summed E-state index contributed by atoms with van der Waals surface area (Å²) in [7, 11) is 0. The molecule has 0 fully saturated rings. The second-order valence-corrected chi connectivity index (χ2v) is 6.72. The number of hydrogen-bond donors (Lipinski definition) is 1. The van der Waals surface area contributed by atoms with Gasteiger partial charge in [-0.3, -0.25) is 5.01 Å². The normalized spacial score (nSPS) is 12.9. The Bertz CT molecular complexity index is 871. The first-order valence-electron chi connectivity index (χ1n) is 9.25. The fraction of sp³-hybridized carbons (Fsp3) is 0.217. The van der Waals surface area contributed by atoms with Gasteiger partial charge in [-0.15, -0.1) is 4.91 Å². The van der Waals surface area contributed by atoms with Crippen LogP contribution < -0.4 is 0 Å². The topological polar surface area (TPSA) is 62.1 Å². The summed E-state index contributed by atoms with van der Waals surface area (Å²) in [6, 6.07) is 26.2. The summed E-state index contributed by atoms with van der Waals surface area (Å²) in [5, 5.41) is 14.6. The number of benzene rings is 3. The first-order valence-corrected chi connectivity index (χ1v) is 9.25. The summed E-state index contributed by atoms with van der Waals surface area (Å²) in [5.74, 6) is 0.159. The summed E-state index contributed by atoms with van der Waals surface area (Å²) in [5.41, 5.74) is 2.82. The van der Waals surface area contributed by atoms with Crippen molar-refractivity contribution >= 4 is 0 Å². The van der Waals surface area contributed by atoms with Crippen LogP contribution in [0.3, 0.4) is 0 Å². The van der Waals surface area contributed by atoms with Gasteiger partial charge in [0.1, 0.15) is 11.9 Å². The fourth-order valence-corrected chi connectivity index (χ4v) is 3.15. The minimum absolute atomic E-state index is 0.159. The van der Waals surface area contributed by atoms with Crippen LogP contribution in [0.5, 0.6) is 5.75 Å². The van der Waals surface area contributed by atoms with Crippen molar-refractivity contribution < 1.29 is 9.84 Å². The van der Waals surface area contributed by atoms with Crippen molar-refractivity contribution in [1.29, 1.82) is 0 Å². The van der Waals surface area contributed by atoms with Crippen LogP contribution >= 0.6 is 0 Å². The van der Waals surface area contributed by atoms with Gasteiger partial charge in [0, 0.05) is 0 Å². The van der Waals surface area contributed by atoms with Crippen LogP contribution in [0, 0.1) is 4.91 Å². The fourth-order valence-electron chi connectivity index (χ4n) is 3.15. The number of phenols is 1. The molecule has 0 amide bonds. The van der Waals surface area contributed by atoms with Crippen molar-refractivity contribution in [3.8, 4) is 5.75 Å². The molecular formula is C23H24N2O3. The summed E-state index contributed by atoms with van der Waals surface area (Å²) in [4.78, 5) is 11.6. The molecule has 0 saturated carbocycles. The summed E-state index contributed by atoms with van der Waals surface area (Å²) in [6.07, 6.45) is -0.436.